The number of ether oxygens (including phenoxy) is 2. The van der Waals surface area contributed by atoms with E-state index in [1.807, 2.05) is 0 Å². The van der Waals surface area contributed by atoms with Gasteiger partial charge in [-0.25, -0.2) is 9.59 Å². The number of rotatable bonds is 9. The van der Waals surface area contributed by atoms with Crippen LogP contribution in [0, 0.1) is 10.1 Å². The maximum absolute atomic E-state index is 11.7. The summed E-state index contributed by atoms with van der Waals surface area (Å²) in [6, 6.07) is -0.662. The molecule has 0 aliphatic rings. The minimum Gasteiger partial charge on any atom is -0.466 e. The Hall–Kier alpha value is -1.96. The number of nitrogens with zero attached hydrogens (tertiary/aromatic N) is 1. The lowest BCUT2D eigenvalue weighted by atomic mass is 10.2. The molecule has 0 aliphatic carbocycles. The quantitative estimate of drug-likeness (QED) is 0.161. The highest BCUT2D eigenvalue weighted by atomic mass is 28.3. The number of allylic oxidation sites excluding steroid dienone is 2. The summed E-state index contributed by atoms with van der Waals surface area (Å²) >= 11 is 0. The molecule has 0 aromatic heterocycles. The van der Waals surface area contributed by atoms with E-state index in [0.717, 1.165) is 6.04 Å². The minimum absolute atomic E-state index is 0.0930. The van der Waals surface area contributed by atoms with Gasteiger partial charge in [0.15, 0.2) is 0 Å². The minimum atomic E-state index is -1.43. The van der Waals surface area contributed by atoms with Crippen LogP contribution in [0.25, 0.3) is 0 Å². The van der Waals surface area contributed by atoms with Crippen molar-refractivity contribution in [3.63, 3.8) is 0 Å². The zero-order valence-corrected chi connectivity index (χ0v) is 14.4. The zero-order valence-electron chi connectivity index (χ0n) is 13.4. The van der Waals surface area contributed by atoms with Gasteiger partial charge in [0.1, 0.15) is 0 Å². The molecule has 7 nitrogen and oxygen atoms in total. The molecule has 1 atom stereocenters. The Morgan fingerprint density at radius 3 is 2.41 bits per heavy atom. The third kappa shape index (κ3) is 9.86. The molecule has 0 N–H and O–H groups in total. The van der Waals surface area contributed by atoms with Gasteiger partial charge in [-0.1, -0.05) is 37.9 Å². The Kier molecular flexibility index (Phi) is 9.00. The second-order valence-corrected chi connectivity index (χ2v) is 11.4. The van der Waals surface area contributed by atoms with Gasteiger partial charge in [-0.15, -0.1) is 0 Å². The average Bonchev–Trinajstić information content (AvgIpc) is 2.40. The average molecular weight is 329 g/mol. The molecule has 0 aliphatic heterocycles. The van der Waals surface area contributed by atoms with E-state index in [1.54, 1.807) is 0 Å². The first-order valence-corrected chi connectivity index (χ1v) is 10.6. The normalized spacial score (nSPS) is 13.3. The van der Waals surface area contributed by atoms with Crippen LogP contribution in [-0.4, -0.2) is 44.7 Å². The first kappa shape index (κ1) is 20.0. The van der Waals surface area contributed by atoms with Crippen molar-refractivity contribution in [3.05, 3.63) is 34.4 Å². The smallest absolute Gasteiger partial charge is 0.381 e. The highest BCUT2D eigenvalue weighted by Gasteiger charge is 2.30. The Morgan fingerprint density at radius 2 is 1.91 bits per heavy atom. The molecule has 0 fully saturated rings. The fourth-order valence-electron chi connectivity index (χ4n) is 1.31. The van der Waals surface area contributed by atoms with Crippen molar-refractivity contribution in [1.82, 2.24) is 0 Å². The van der Waals surface area contributed by atoms with Crippen LogP contribution in [-0.2, 0) is 19.1 Å². The van der Waals surface area contributed by atoms with E-state index in [2.05, 4.69) is 24.4 Å². The van der Waals surface area contributed by atoms with Gasteiger partial charge in [0.2, 0.25) is 0 Å². The first-order chi connectivity index (χ1) is 10.2. The van der Waals surface area contributed by atoms with Crippen molar-refractivity contribution in [3.8, 4) is 0 Å². The number of nitro groups is 1. The summed E-state index contributed by atoms with van der Waals surface area (Å²) in [7, 11) is -0.105. The van der Waals surface area contributed by atoms with Gasteiger partial charge in [0.05, 0.1) is 13.7 Å². The number of hydrogen-bond acceptors (Lipinski definition) is 6. The number of hydrogen-bond donors (Lipinski definition) is 0. The van der Waals surface area contributed by atoms with Crippen molar-refractivity contribution in [2.75, 3.05) is 13.7 Å². The van der Waals surface area contributed by atoms with E-state index in [0.29, 0.717) is 0 Å². The molecular formula is C14H23NO6Si. The first-order valence-electron chi connectivity index (χ1n) is 6.88. The van der Waals surface area contributed by atoms with Gasteiger partial charge in [-0.05, 0) is 6.04 Å². The van der Waals surface area contributed by atoms with Gasteiger partial charge in [0.25, 0.3) is 0 Å². The van der Waals surface area contributed by atoms with Crippen LogP contribution in [0.1, 0.15) is 6.42 Å². The lowest BCUT2D eigenvalue weighted by Crippen LogP contribution is -2.32. The molecule has 0 radical (unpaired) electrons. The largest absolute Gasteiger partial charge is 0.466 e. The molecule has 0 bridgehead atoms. The highest BCUT2D eigenvalue weighted by molar-refractivity contribution is 6.76. The van der Waals surface area contributed by atoms with Gasteiger partial charge in [-0.3, -0.25) is 10.1 Å². The van der Waals surface area contributed by atoms with Crippen LogP contribution in [0.15, 0.2) is 24.3 Å². The summed E-state index contributed by atoms with van der Waals surface area (Å²) in [4.78, 5) is 32.8. The third-order valence-electron chi connectivity index (χ3n) is 2.66. The Balaban J connectivity index is 4.39. The topological polar surface area (TPSA) is 95.7 Å². The van der Waals surface area contributed by atoms with Crippen LogP contribution >= 0.6 is 0 Å². The fourth-order valence-corrected chi connectivity index (χ4v) is 2.02. The molecule has 124 valence electrons. The van der Waals surface area contributed by atoms with Crippen LogP contribution in [0.4, 0.5) is 0 Å². The maximum atomic E-state index is 11.7. The molecule has 0 aromatic carbocycles. The molecule has 8 heteroatoms. The fraction of sp³-hybridized carbons (Fsp3) is 0.571. The molecule has 0 rings (SSSR count). The van der Waals surface area contributed by atoms with Crippen LogP contribution in [0.5, 0.6) is 0 Å². The molecule has 0 saturated carbocycles. The maximum Gasteiger partial charge on any atom is 0.381 e. The van der Waals surface area contributed by atoms with E-state index < -0.39 is 31.0 Å². The van der Waals surface area contributed by atoms with Gasteiger partial charge >= 0.3 is 18.0 Å². The summed E-state index contributed by atoms with van der Waals surface area (Å²) in [5, 5.41) is 10.9. The van der Waals surface area contributed by atoms with E-state index >= 15 is 0 Å². The molecule has 0 amide bonds. The predicted molar refractivity (Wildman–Crippen MR) is 84.8 cm³/mol. The number of esters is 2. The Labute approximate surface area is 131 Å². The van der Waals surface area contributed by atoms with Crippen molar-refractivity contribution in [1.29, 1.82) is 0 Å². The van der Waals surface area contributed by atoms with E-state index in [4.69, 9.17) is 4.74 Å². The zero-order chi connectivity index (χ0) is 17.2. The second kappa shape index (κ2) is 9.88. The molecule has 0 aromatic rings. The van der Waals surface area contributed by atoms with Crippen LogP contribution in [0.2, 0.25) is 25.7 Å². The second-order valence-electron chi connectivity index (χ2n) is 5.83. The van der Waals surface area contributed by atoms with Crippen molar-refractivity contribution in [2.45, 2.75) is 38.1 Å². The lowest BCUT2D eigenvalue weighted by Gasteiger charge is -2.15. The third-order valence-corrected chi connectivity index (χ3v) is 4.37. The molecule has 0 spiro atoms. The Bertz CT molecular complexity index is 453. The van der Waals surface area contributed by atoms with Crippen LogP contribution < -0.4 is 0 Å². The molecule has 0 saturated heterocycles. The number of carbonyl (C=O) groups is 2. The lowest BCUT2D eigenvalue weighted by molar-refractivity contribution is -0.509. The summed E-state index contributed by atoms with van der Waals surface area (Å²) in [5.41, 5.74) is 0. The monoisotopic (exact) mass is 329 g/mol. The van der Waals surface area contributed by atoms with Gasteiger partial charge in [0, 0.05) is 25.5 Å². The molecule has 22 heavy (non-hydrogen) atoms. The Morgan fingerprint density at radius 1 is 1.27 bits per heavy atom. The highest BCUT2D eigenvalue weighted by Crippen LogP contribution is 2.09. The summed E-state index contributed by atoms with van der Waals surface area (Å²) < 4.78 is 9.37. The van der Waals surface area contributed by atoms with Gasteiger partial charge in [-0.2, -0.15) is 0 Å². The molecular weight excluding hydrogens is 306 g/mol. The van der Waals surface area contributed by atoms with Crippen molar-refractivity contribution in [2.24, 2.45) is 0 Å². The molecule has 1 unspecified atom stereocenters. The number of carbonyl (C=O) groups excluding carboxylic acids is 2. The van der Waals surface area contributed by atoms with Crippen molar-refractivity contribution < 1.29 is 24.0 Å². The summed E-state index contributed by atoms with van der Waals surface area (Å²) in [6.45, 7) is 6.59. The SMILES string of the molecule is COC(=O)/C=C/C=C\CC(C(=O)OCC[Si](C)(C)C)[N+](=O)[O-]. The summed E-state index contributed by atoms with van der Waals surface area (Å²) in [6.07, 6.45) is 5.35. The standard InChI is InChI=1S/C14H23NO6Si/c1-20-13(16)9-7-5-6-8-12(15(18)19)14(17)21-10-11-22(2,3)4/h5-7,9,12H,8,10-11H2,1-4H3/b6-5-,9-7+. The van der Waals surface area contributed by atoms with E-state index in [9.17, 15) is 19.7 Å². The number of methoxy groups -OCH3 is 1. The van der Waals surface area contributed by atoms with Crippen LogP contribution in [0.3, 0.4) is 0 Å². The van der Waals surface area contributed by atoms with Crippen molar-refractivity contribution >= 4 is 20.0 Å². The summed E-state index contributed by atoms with van der Waals surface area (Å²) in [5.74, 6) is -1.36. The molecule has 0 heterocycles. The van der Waals surface area contributed by atoms with E-state index in [1.165, 1.54) is 31.4 Å². The predicted octanol–water partition coefficient (Wildman–Crippen LogP) is 2.19. The van der Waals surface area contributed by atoms with Gasteiger partial charge < -0.3 is 9.47 Å². The van der Waals surface area contributed by atoms with E-state index in [-0.39, 0.29) is 13.0 Å².